The Hall–Kier alpha value is -2.11. The summed E-state index contributed by atoms with van der Waals surface area (Å²) in [7, 11) is 0. The molecule has 1 aromatic heterocycles. The minimum Gasteiger partial charge on any atom is -0.512 e. The second-order valence-electron chi connectivity index (χ2n) is 5.22. The molecule has 1 heterocycles. The van der Waals surface area contributed by atoms with Crippen LogP contribution < -0.4 is 0 Å². The van der Waals surface area contributed by atoms with Gasteiger partial charge in [0.15, 0.2) is 0 Å². The maximum atomic E-state index is 12.7. The second-order valence-corrected chi connectivity index (χ2v) is 5.22. The summed E-state index contributed by atoms with van der Waals surface area (Å²) in [6.07, 6.45) is 2.59. The fraction of sp³-hybridized carbons (Fsp3) is 0.222. The topological polar surface area (TPSA) is 38.0 Å². The van der Waals surface area contributed by atoms with Crippen molar-refractivity contribution in [1.29, 1.82) is 0 Å². The van der Waals surface area contributed by atoms with Crippen molar-refractivity contribution in [1.82, 2.24) is 9.78 Å². The molecule has 0 fully saturated rings. The van der Waals surface area contributed by atoms with Gasteiger partial charge in [0.25, 0.3) is 0 Å². The third-order valence-electron chi connectivity index (χ3n) is 3.30. The van der Waals surface area contributed by atoms with Crippen LogP contribution in [-0.4, -0.2) is 14.9 Å². The number of aliphatic hydroxyl groups is 1. The number of hydrogen-bond donors (Lipinski definition) is 1. The molecular weight excluding hydrogens is 373 g/mol. The van der Waals surface area contributed by atoms with E-state index in [2.05, 4.69) is 5.10 Å². The first-order valence-corrected chi connectivity index (χ1v) is 7.43. The Morgan fingerprint density at radius 3 is 2.28 bits per heavy atom. The molecule has 1 aliphatic carbocycles. The SMILES string of the molecule is Cc1cc(C(F)(F)F)n(CCC(O)=C2C=CC=C2)n1.[Fe].c1cc[cH-]c1. The minimum atomic E-state index is -4.43. The molecule has 0 atom stereocenters. The summed E-state index contributed by atoms with van der Waals surface area (Å²) in [5, 5.41) is 13.6. The van der Waals surface area contributed by atoms with Crippen LogP contribution in [0.4, 0.5) is 13.2 Å². The molecule has 1 aliphatic rings. The molecular formula is C18H18F3FeN2O-. The number of halogens is 3. The average Bonchev–Trinajstić information content (AvgIpc) is 3.26. The summed E-state index contributed by atoms with van der Waals surface area (Å²) in [5.41, 5.74) is 0.137. The molecule has 3 nitrogen and oxygen atoms in total. The third kappa shape index (κ3) is 6.36. The van der Waals surface area contributed by atoms with Gasteiger partial charge in [-0.15, -0.1) is 0 Å². The maximum Gasteiger partial charge on any atom is 0.433 e. The number of alkyl halides is 3. The van der Waals surface area contributed by atoms with Crippen molar-refractivity contribution in [2.75, 3.05) is 0 Å². The molecule has 0 aliphatic heterocycles. The molecule has 0 radical (unpaired) electrons. The van der Waals surface area contributed by atoms with Crippen molar-refractivity contribution in [2.45, 2.75) is 26.1 Å². The molecule has 1 N–H and O–H groups in total. The van der Waals surface area contributed by atoms with Gasteiger partial charge in [-0.05, 0) is 13.0 Å². The molecule has 3 rings (SSSR count). The van der Waals surface area contributed by atoms with Crippen molar-refractivity contribution in [3.8, 4) is 0 Å². The van der Waals surface area contributed by atoms with Crippen LogP contribution in [0.5, 0.6) is 0 Å². The zero-order valence-electron chi connectivity index (χ0n) is 13.5. The zero-order valence-corrected chi connectivity index (χ0v) is 14.6. The first-order valence-electron chi connectivity index (χ1n) is 7.43. The van der Waals surface area contributed by atoms with Crippen molar-refractivity contribution in [2.24, 2.45) is 0 Å². The number of rotatable bonds is 3. The smallest absolute Gasteiger partial charge is 0.433 e. The predicted octanol–water partition coefficient (Wildman–Crippen LogP) is 4.94. The van der Waals surface area contributed by atoms with Crippen molar-refractivity contribution in [3.63, 3.8) is 0 Å². The van der Waals surface area contributed by atoms with Crippen molar-refractivity contribution >= 4 is 0 Å². The summed E-state index contributed by atoms with van der Waals surface area (Å²) in [6.45, 7) is 1.49. The normalized spacial score (nSPS) is 12.6. The number of allylic oxidation sites excluding steroid dienone is 6. The van der Waals surface area contributed by atoms with Gasteiger partial charge >= 0.3 is 6.18 Å². The van der Waals surface area contributed by atoms with Crippen LogP contribution in [0.1, 0.15) is 17.8 Å². The molecule has 136 valence electrons. The molecule has 0 amide bonds. The van der Waals surface area contributed by atoms with Crippen LogP contribution in [0.15, 0.2) is 72.0 Å². The van der Waals surface area contributed by atoms with E-state index >= 15 is 0 Å². The zero-order chi connectivity index (χ0) is 17.6. The van der Waals surface area contributed by atoms with Gasteiger partial charge in [0.2, 0.25) is 0 Å². The van der Waals surface area contributed by atoms with Crippen molar-refractivity contribution in [3.05, 3.63) is 83.4 Å². The van der Waals surface area contributed by atoms with E-state index < -0.39 is 11.9 Å². The van der Waals surface area contributed by atoms with Crippen LogP contribution in [0.3, 0.4) is 0 Å². The van der Waals surface area contributed by atoms with Crippen LogP contribution in [-0.2, 0) is 29.8 Å². The molecule has 0 saturated heterocycles. The molecule has 2 aromatic rings. The molecule has 0 bridgehead atoms. The van der Waals surface area contributed by atoms with Gasteiger partial charge < -0.3 is 5.11 Å². The summed E-state index contributed by atoms with van der Waals surface area (Å²) in [4.78, 5) is 0. The fourth-order valence-corrected chi connectivity index (χ4v) is 2.19. The van der Waals surface area contributed by atoms with Crippen LogP contribution in [0.25, 0.3) is 0 Å². The monoisotopic (exact) mass is 391 g/mol. The summed E-state index contributed by atoms with van der Waals surface area (Å²) < 4.78 is 39.1. The molecule has 1 aromatic carbocycles. The van der Waals surface area contributed by atoms with Gasteiger partial charge in [0.05, 0.1) is 5.69 Å². The van der Waals surface area contributed by atoms with Crippen molar-refractivity contribution < 1.29 is 35.3 Å². The van der Waals surface area contributed by atoms with E-state index in [-0.39, 0.29) is 35.8 Å². The Labute approximate surface area is 155 Å². The Balaban J connectivity index is 0.000000448. The fourth-order valence-electron chi connectivity index (χ4n) is 2.19. The summed E-state index contributed by atoms with van der Waals surface area (Å²) in [6, 6.07) is 11.0. The van der Waals surface area contributed by atoms with Crippen LogP contribution >= 0.6 is 0 Å². The molecule has 0 unspecified atom stereocenters. The molecule has 7 heteroatoms. The van der Waals surface area contributed by atoms with E-state index in [1.165, 1.54) is 6.92 Å². The predicted molar refractivity (Wildman–Crippen MR) is 86.6 cm³/mol. The molecule has 0 spiro atoms. The first-order chi connectivity index (χ1) is 11.4. The van der Waals surface area contributed by atoms with Gasteiger partial charge in [0, 0.05) is 35.6 Å². The number of aromatic nitrogens is 2. The maximum absolute atomic E-state index is 12.7. The number of hydrogen-bond acceptors (Lipinski definition) is 2. The van der Waals surface area contributed by atoms with Crippen LogP contribution in [0.2, 0.25) is 0 Å². The second kappa shape index (κ2) is 9.39. The minimum absolute atomic E-state index is 0. The van der Waals surface area contributed by atoms with E-state index in [1.54, 1.807) is 24.3 Å². The summed E-state index contributed by atoms with van der Waals surface area (Å²) >= 11 is 0. The van der Waals surface area contributed by atoms with E-state index in [4.69, 9.17) is 0 Å². The van der Waals surface area contributed by atoms with Gasteiger partial charge in [-0.1, -0.05) is 24.3 Å². The Bertz CT molecular complexity index is 710. The summed E-state index contributed by atoms with van der Waals surface area (Å²) in [5.74, 6) is 0.0614. The molecule has 0 saturated carbocycles. The quantitative estimate of drug-likeness (QED) is 0.457. The number of aryl methyl sites for hydroxylation is 2. The number of aliphatic hydroxyl groups excluding tert-OH is 1. The van der Waals surface area contributed by atoms with E-state index in [9.17, 15) is 18.3 Å². The van der Waals surface area contributed by atoms with Gasteiger partial charge in [-0.2, -0.15) is 36.5 Å². The number of nitrogens with zero attached hydrogens (tertiary/aromatic N) is 2. The molecule has 25 heavy (non-hydrogen) atoms. The van der Waals surface area contributed by atoms with Gasteiger partial charge in [0.1, 0.15) is 11.5 Å². The first kappa shape index (κ1) is 20.9. The van der Waals surface area contributed by atoms with E-state index in [0.717, 1.165) is 10.7 Å². The Kier molecular flexibility index (Phi) is 7.86. The van der Waals surface area contributed by atoms with E-state index in [1.807, 2.05) is 30.3 Å². The van der Waals surface area contributed by atoms with Gasteiger partial charge in [-0.3, -0.25) is 4.68 Å². The average molecular weight is 391 g/mol. The van der Waals surface area contributed by atoms with E-state index in [0.29, 0.717) is 11.3 Å². The standard InChI is InChI=1S/C13H13F3N2O.C5H5.Fe/c1-9-8-12(13(14,15)16)18(17-9)7-6-11(19)10-4-2-3-5-10;1-2-4-5-3-1;/h2-5,8,19H,6-7H2,1H3;1-5H;/q;-1;. The largest absolute Gasteiger partial charge is 0.512 e. The third-order valence-corrected chi connectivity index (χ3v) is 3.30. The van der Waals surface area contributed by atoms with Gasteiger partial charge in [-0.25, -0.2) is 12.1 Å². The van der Waals surface area contributed by atoms with Crippen LogP contribution in [0, 0.1) is 6.92 Å². The Morgan fingerprint density at radius 2 is 1.80 bits per heavy atom. The Morgan fingerprint density at radius 1 is 1.20 bits per heavy atom.